The molecule has 0 aliphatic carbocycles. The van der Waals surface area contributed by atoms with Gasteiger partial charge in [0, 0.05) is 11.1 Å². The third-order valence-corrected chi connectivity index (χ3v) is 4.00. The van der Waals surface area contributed by atoms with Crippen LogP contribution in [0.3, 0.4) is 0 Å². The second-order valence-corrected chi connectivity index (χ2v) is 6.60. The molecule has 28 heavy (non-hydrogen) atoms. The monoisotopic (exact) mass is 384 g/mol. The molecule has 0 saturated heterocycles. The predicted octanol–water partition coefficient (Wildman–Crippen LogP) is 3.82. The maximum atomic E-state index is 11.0. The summed E-state index contributed by atoms with van der Waals surface area (Å²) in [7, 11) is 2.92. The Bertz CT molecular complexity index is 693. The minimum absolute atomic E-state index is 0.678. The van der Waals surface area contributed by atoms with E-state index < -0.39 is 0 Å². The lowest BCUT2D eigenvalue weighted by molar-refractivity contribution is -0.416. The first-order valence-electron chi connectivity index (χ1n) is 9.48. The van der Waals surface area contributed by atoms with Crippen LogP contribution in [-0.4, -0.2) is 49.2 Å². The van der Waals surface area contributed by atoms with Crippen LogP contribution in [0.25, 0.3) is 0 Å². The third-order valence-electron chi connectivity index (χ3n) is 4.00. The zero-order valence-corrected chi connectivity index (χ0v) is 16.5. The Morgan fingerprint density at radius 3 is 1.32 bits per heavy atom. The van der Waals surface area contributed by atoms with Crippen LogP contribution in [0, 0.1) is 10.4 Å². The van der Waals surface area contributed by atoms with Crippen LogP contribution in [0.15, 0.2) is 48.5 Å². The van der Waals surface area contributed by atoms with Crippen molar-refractivity contribution in [1.82, 2.24) is 0 Å². The van der Waals surface area contributed by atoms with Crippen molar-refractivity contribution in [2.24, 2.45) is 0 Å². The van der Waals surface area contributed by atoms with Gasteiger partial charge in [-0.2, -0.15) is 0 Å². The van der Waals surface area contributed by atoms with E-state index >= 15 is 0 Å². The van der Waals surface area contributed by atoms with Crippen LogP contribution >= 0.6 is 0 Å². The lowest BCUT2D eigenvalue weighted by Crippen LogP contribution is -2.01. The molecule has 0 unspecified atom stereocenters. The largest absolute Gasteiger partial charge is 0.624 e. The number of hydrogen-bond acceptors (Lipinski definition) is 4. The molecule has 2 aromatic carbocycles. The van der Waals surface area contributed by atoms with Crippen molar-refractivity contribution in [3.05, 3.63) is 70.1 Å². The number of hydroxylamine groups is 2. The van der Waals surface area contributed by atoms with Crippen LogP contribution < -0.4 is 9.47 Å². The molecular formula is C22H28N2O4. The SMILES string of the molecule is C/[N+]([O-])=C/c1ccc(OCCCCCCOc2ccc(/C=[N+](/C)[O-])cc2)cc1. The second-order valence-electron chi connectivity index (χ2n) is 6.60. The van der Waals surface area contributed by atoms with Gasteiger partial charge in [0.15, 0.2) is 12.4 Å². The van der Waals surface area contributed by atoms with Crippen molar-refractivity contribution in [1.29, 1.82) is 0 Å². The molecule has 2 rings (SSSR count). The van der Waals surface area contributed by atoms with Crippen LogP contribution in [-0.2, 0) is 0 Å². The van der Waals surface area contributed by atoms with Gasteiger partial charge in [-0.3, -0.25) is 0 Å². The maximum absolute atomic E-state index is 11.0. The number of benzene rings is 2. The average molecular weight is 384 g/mol. The van der Waals surface area contributed by atoms with Gasteiger partial charge in [0.25, 0.3) is 0 Å². The van der Waals surface area contributed by atoms with Crippen LogP contribution in [0.1, 0.15) is 36.8 Å². The number of rotatable bonds is 11. The predicted molar refractivity (Wildman–Crippen MR) is 112 cm³/mol. The van der Waals surface area contributed by atoms with E-state index in [2.05, 4.69) is 0 Å². The van der Waals surface area contributed by atoms with Crippen molar-refractivity contribution in [3.8, 4) is 11.5 Å². The molecule has 2 aromatic rings. The van der Waals surface area contributed by atoms with Crippen LogP contribution in [0.5, 0.6) is 11.5 Å². The molecule has 0 N–H and O–H groups in total. The molecule has 0 aromatic heterocycles. The molecular weight excluding hydrogens is 356 g/mol. The van der Waals surface area contributed by atoms with E-state index in [4.69, 9.17) is 9.47 Å². The van der Waals surface area contributed by atoms with Crippen molar-refractivity contribution in [3.63, 3.8) is 0 Å². The fraction of sp³-hybridized carbons (Fsp3) is 0.364. The topological polar surface area (TPSA) is 70.6 Å². The van der Waals surface area contributed by atoms with Gasteiger partial charge in [-0.25, -0.2) is 9.48 Å². The summed E-state index contributed by atoms with van der Waals surface area (Å²) in [5.74, 6) is 1.64. The fourth-order valence-electron chi connectivity index (χ4n) is 2.66. The van der Waals surface area contributed by atoms with Crippen molar-refractivity contribution in [2.75, 3.05) is 27.3 Å². The summed E-state index contributed by atoms with van der Waals surface area (Å²) in [5.41, 5.74) is 1.71. The first-order valence-corrected chi connectivity index (χ1v) is 9.48. The Hall–Kier alpha value is -3.02. The van der Waals surface area contributed by atoms with Crippen LogP contribution in [0.2, 0.25) is 0 Å². The van der Waals surface area contributed by atoms with Gasteiger partial charge in [0.05, 0.1) is 13.2 Å². The van der Waals surface area contributed by atoms with Gasteiger partial charge in [-0.15, -0.1) is 0 Å². The highest BCUT2D eigenvalue weighted by Gasteiger charge is 1.98. The van der Waals surface area contributed by atoms with Gasteiger partial charge in [-0.1, -0.05) is 0 Å². The van der Waals surface area contributed by atoms with E-state index in [1.54, 1.807) is 0 Å². The highest BCUT2D eigenvalue weighted by Crippen LogP contribution is 2.13. The first kappa shape index (κ1) is 21.3. The lowest BCUT2D eigenvalue weighted by Gasteiger charge is -2.08. The smallest absolute Gasteiger partial charge is 0.181 e. The third kappa shape index (κ3) is 8.58. The molecule has 0 heterocycles. The average Bonchev–Trinajstić information content (AvgIpc) is 2.65. The maximum Gasteiger partial charge on any atom is 0.181 e. The number of ether oxygens (including phenoxy) is 2. The van der Waals surface area contributed by atoms with E-state index in [0.29, 0.717) is 13.2 Å². The van der Waals surface area contributed by atoms with Gasteiger partial charge >= 0.3 is 0 Å². The zero-order chi connectivity index (χ0) is 20.2. The summed E-state index contributed by atoms with van der Waals surface area (Å²) in [4.78, 5) is 0. The van der Waals surface area contributed by atoms with Gasteiger partial charge in [-0.05, 0) is 74.2 Å². The summed E-state index contributed by atoms with van der Waals surface area (Å²) in [6.07, 6.45) is 7.18. The molecule has 0 aliphatic rings. The highest BCUT2D eigenvalue weighted by molar-refractivity contribution is 5.76. The standard InChI is InChI=1S/C22H28N2O4/c1-23(25)17-19-7-11-21(12-8-19)27-15-5-3-4-6-16-28-22-13-9-20(10-14-22)18-24(2)26/h7-14,17-18H,3-6,15-16H2,1-2H3/b23-17-,24-18-. The molecule has 0 atom stereocenters. The molecule has 0 saturated carbocycles. The van der Waals surface area contributed by atoms with Gasteiger partial charge < -0.3 is 19.9 Å². The minimum Gasteiger partial charge on any atom is -0.624 e. The summed E-state index contributed by atoms with van der Waals surface area (Å²) in [6, 6.07) is 15.0. The molecule has 0 aliphatic heterocycles. The molecule has 150 valence electrons. The van der Waals surface area contributed by atoms with Crippen molar-refractivity contribution >= 4 is 12.4 Å². The number of hydrogen-bond donors (Lipinski definition) is 0. The Labute approximate surface area is 166 Å². The molecule has 6 heteroatoms. The van der Waals surface area contributed by atoms with E-state index in [-0.39, 0.29) is 0 Å². The van der Waals surface area contributed by atoms with E-state index in [1.807, 2.05) is 48.5 Å². The molecule has 0 bridgehead atoms. The van der Waals surface area contributed by atoms with Gasteiger partial charge in [0.2, 0.25) is 0 Å². The lowest BCUT2D eigenvalue weighted by atomic mass is 10.2. The quantitative estimate of drug-likeness (QED) is 0.194. The second kappa shape index (κ2) is 11.6. The Balaban J connectivity index is 1.54. The normalized spacial score (nSPS) is 12.1. The molecule has 0 fully saturated rings. The summed E-state index contributed by atoms with van der Waals surface area (Å²) in [6.45, 7) is 1.36. The Morgan fingerprint density at radius 1 is 0.643 bits per heavy atom. The van der Waals surface area contributed by atoms with E-state index in [1.165, 1.54) is 26.5 Å². The fourth-order valence-corrected chi connectivity index (χ4v) is 2.66. The van der Waals surface area contributed by atoms with E-state index in [9.17, 15) is 10.4 Å². The van der Waals surface area contributed by atoms with Crippen molar-refractivity contribution in [2.45, 2.75) is 25.7 Å². The first-order chi connectivity index (χ1) is 13.5. The van der Waals surface area contributed by atoms with E-state index in [0.717, 1.165) is 57.8 Å². The Morgan fingerprint density at radius 2 is 1.00 bits per heavy atom. The zero-order valence-electron chi connectivity index (χ0n) is 16.5. The van der Waals surface area contributed by atoms with Crippen LogP contribution in [0.4, 0.5) is 0 Å². The molecule has 0 spiro atoms. The summed E-state index contributed by atoms with van der Waals surface area (Å²) >= 11 is 0. The van der Waals surface area contributed by atoms with Crippen molar-refractivity contribution < 1.29 is 19.0 Å². The number of unbranched alkanes of at least 4 members (excludes halogenated alkanes) is 3. The molecule has 0 radical (unpaired) electrons. The number of nitrogens with zero attached hydrogens (tertiary/aromatic N) is 2. The Kier molecular flexibility index (Phi) is 8.85. The highest BCUT2D eigenvalue weighted by atomic mass is 16.5. The molecule has 0 amide bonds. The summed E-state index contributed by atoms with van der Waals surface area (Å²) < 4.78 is 13.0. The summed E-state index contributed by atoms with van der Waals surface area (Å²) in [5, 5.41) is 21.9. The van der Waals surface area contributed by atoms with Gasteiger partial charge in [0.1, 0.15) is 25.6 Å². The minimum atomic E-state index is 0.678. The molecule has 6 nitrogen and oxygen atoms in total.